The summed E-state index contributed by atoms with van der Waals surface area (Å²) < 4.78 is 0. The first kappa shape index (κ1) is 12.6. The first-order valence-electron chi connectivity index (χ1n) is 6.13. The van der Waals surface area contributed by atoms with Crippen LogP contribution < -0.4 is 0 Å². The second kappa shape index (κ2) is 5.19. The lowest BCUT2D eigenvalue weighted by Crippen LogP contribution is -2.50. The molecule has 1 saturated heterocycles. The van der Waals surface area contributed by atoms with E-state index in [1.807, 2.05) is 18.3 Å². The molecule has 0 aromatic carbocycles. The second-order valence-corrected chi connectivity index (χ2v) is 6.06. The first-order chi connectivity index (χ1) is 8.10. The first-order valence-corrected chi connectivity index (χ1v) is 6.94. The molecule has 1 atom stereocenters. The number of rotatable bonds is 5. The highest BCUT2D eigenvalue weighted by atomic mass is 32.1. The van der Waals surface area contributed by atoms with Crippen LogP contribution in [-0.2, 0) is 17.8 Å². The van der Waals surface area contributed by atoms with Crippen molar-refractivity contribution in [3.63, 3.8) is 0 Å². The number of likely N-dealkylation sites (tertiary alicyclic amines) is 1. The average Bonchev–Trinajstić information content (AvgIpc) is 2.69. The molecular formula is C13H19NO2S. The van der Waals surface area contributed by atoms with Crippen molar-refractivity contribution in [3.8, 4) is 0 Å². The van der Waals surface area contributed by atoms with Crippen LogP contribution in [0.15, 0.2) is 12.1 Å². The third-order valence-corrected chi connectivity index (χ3v) is 4.74. The maximum Gasteiger partial charge on any atom is 0.306 e. The van der Waals surface area contributed by atoms with E-state index in [1.165, 1.54) is 9.75 Å². The zero-order valence-electron chi connectivity index (χ0n) is 10.3. The zero-order chi connectivity index (χ0) is 12.4. The third-order valence-electron chi connectivity index (χ3n) is 3.53. The van der Waals surface area contributed by atoms with Crippen molar-refractivity contribution in [2.24, 2.45) is 11.8 Å². The molecule has 2 rings (SSSR count). The van der Waals surface area contributed by atoms with Gasteiger partial charge in [-0.15, -0.1) is 11.3 Å². The van der Waals surface area contributed by atoms with E-state index in [1.54, 1.807) is 0 Å². The lowest BCUT2D eigenvalue weighted by Gasteiger charge is -2.41. The second-order valence-electron chi connectivity index (χ2n) is 4.80. The van der Waals surface area contributed by atoms with E-state index >= 15 is 0 Å². The van der Waals surface area contributed by atoms with Gasteiger partial charge in [-0.1, -0.05) is 13.8 Å². The number of nitrogens with zero attached hydrogens (tertiary/aromatic N) is 1. The zero-order valence-corrected chi connectivity index (χ0v) is 11.2. The van der Waals surface area contributed by atoms with Crippen LogP contribution >= 0.6 is 11.3 Å². The lowest BCUT2D eigenvalue weighted by atomic mass is 9.87. The number of hydrogen-bond acceptors (Lipinski definition) is 3. The summed E-state index contributed by atoms with van der Waals surface area (Å²) in [6, 6.07) is 4.38. The van der Waals surface area contributed by atoms with E-state index in [0.717, 1.165) is 26.1 Å². The molecule has 1 aromatic heterocycles. The van der Waals surface area contributed by atoms with Crippen LogP contribution in [0.1, 0.15) is 23.6 Å². The highest BCUT2D eigenvalue weighted by molar-refractivity contribution is 7.11. The fourth-order valence-electron chi connectivity index (χ4n) is 2.17. The minimum absolute atomic E-state index is 0.208. The normalized spacial score (nSPS) is 18.9. The van der Waals surface area contributed by atoms with Crippen LogP contribution in [0.25, 0.3) is 0 Å². The van der Waals surface area contributed by atoms with Gasteiger partial charge in [-0.3, -0.25) is 9.69 Å². The molecular weight excluding hydrogens is 234 g/mol. The van der Waals surface area contributed by atoms with E-state index in [0.29, 0.717) is 5.92 Å². The van der Waals surface area contributed by atoms with Gasteiger partial charge < -0.3 is 5.11 Å². The molecule has 1 unspecified atom stereocenters. The highest BCUT2D eigenvalue weighted by Crippen LogP contribution is 2.27. The van der Waals surface area contributed by atoms with Crippen molar-refractivity contribution in [3.05, 3.63) is 21.9 Å². The SMILES string of the molecule is CCc1ccc(CN2CC(C(C)C(=O)O)C2)s1. The van der Waals surface area contributed by atoms with Crippen LogP contribution in [0.2, 0.25) is 0 Å². The molecule has 2 heterocycles. The Labute approximate surface area is 106 Å². The van der Waals surface area contributed by atoms with Crippen molar-refractivity contribution >= 4 is 17.3 Å². The summed E-state index contributed by atoms with van der Waals surface area (Å²) in [4.78, 5) is 16.0. The molecule has 1 aliphatic heterocycles. The number of carboxylic acids is 1. The molecule has 0 saturated carbocycles. The van der Waals surface area contributed by atoms with Gasteiger partial charge >= 0.3 is 5.97 Å². The Morgan fingerprint density at radius 1 is 1.53 bits per heavy atom. The summed E-state index contributed by atoms with van der Waals surface area (Å²) >= 11 is 1.87. The summed E-state index contributed by atoms with van der Waals surface area (Å²) in [5.41, 5.74) is 0. The third kappa shape index (κ3) is 2.87. The number of aryl methyl sites for hydroxylation is 1. The number of thiophene rings is 1. The molecule has 0 radical (unpaired) electrons. The summed E-state index contributed by atoms with van der Waals surface area (Å²) in [7, 11) is 0. The number of carboxylic acid groups (broad SMARTS) is 1. The van der Waals surface area contributed by atoms with E-state index in [9.17, 15) is 4.79 Å². The van der Waals surface area contributed by atoms with Gasteiger partial charge in [0, 0.05) is 29.4 Å². The summed E-state index contributed by atoms with van der Waals surface area (Å²) in [6.07, 6.45) is 1.10. The minimum atomic E-state index is -0.668. The Hall–Kier alpha value is -0.870. The van der Waals surface area contributed by atoms with Gasteiger partial charge in [-0.25, -0.2) is 0 Å². The molecule has 1 aliphatic rings. The fraction of sp³-hybridized carbons (Fsp3) is 0.615. The molecule has 0 aliphatic carbocycles. The molecule has 17 heavy (non-hydrogen) atoms. The summed E-state index contributed by atoms with van der Waals surface area (Å²) in [6.45, 7) is 6.81. The summed E-state index contributed by atoms with van der Waals surface area (Å²) in [5.74, 6) is -0.544. The van der Waals surface area contributed by atoms with Crippen LogP contribution in [-0.4, -0.2) is 29.1 Å². The number of hydrogen-bond donors (Lipinski definition) is 1. The lowest BCUT2D eigenvalue weighted by molar-refractivity contribution is -0.145. The Morgan fingerprint density at radius 3 is 2.71 bits per heavy atom. The molecule has 1 fully saturated rings. The average molecular weight is 253 g/mol. The van der Waals surface area contributed by atoms with E-state index in [-0.39, 0.29) is 5.92 Å². The van der Waals surface area contributed by atoms with Gasteiger partial charge in [0.05, 0.1) is 5.92 Å². The van der Waals surface area contributed by atoms with Crippen molar-refractivity contribution in [1.82, 2.24) is 4.90 Å². The predicted octanol–water partition coefficient (Wildman–Crippen LogP) is 2.46. The van der Waals surface area contributed by atoms with Gasteiger partial charge in [0.25, 0.3) is 0 Å². The molecule has 1 N–H and O–H groups in total. The Kier molecular flexibility index (Phi) is 3.84. The van der Waals surface area contributed by atoms with Gasteiger partial charge in [0.1, 0.15) is 0 Å². The summed E-state index contributed by atoms with van der Waals surface area (Å²) in [5, 5.41) is 8.91. The smallest absolute Gasteiger partial charge is 0.306 e. The highest BCUT2D eigenvalue weighted by Gasteiger charge is 2.34. The van der Waals surface area contributed by atoms with E-state index in [2.05, 4.69) is 24.0 Å². The predicted molar refractivity (Wildman–Crippen MR) is 69.3 cm³/mol. The molecule has 1 aromatic rings. The van der Waals surface area contributed by atoms with Crippen molar-refractivity contribution in [2.45, 2.75) is 26.8 Å². The van der Waals surface area contributed by atoms with E-state index in [4.69, 9.17) is 5.11 Å². The Bertz CT molecular complexity index is 396. The maximum absolute atomic E-state index is 10.8. The van der Waals surface area contributed by atoms with Crippen molar-refractivity contribution in [1.29, 1.82) is 0 Å². The molecule has 0 amide bonds. The van der Waals surface area contributed by atoms with Gasteiger partial charge in [-0.2, -0.15) is 0 Å². The van der Waals surface area contributed by atoms with Gasteiger partial charge in [0.2, 0.25) is 0 Å². The van der Waals surface area contributed by atoms with Crippen molar-refractivity contribution < 1.29 is 9.90 Å². The molecule has 3 nitrogen and oxygen atoms in total. The van der Waals surface area contributed by atoms with Crippen LogP contribution in [0.3, 0.4) is 0 Å². The minimum Gasteiger partial charge on any atom is -0.481 e. The van der Waals surface area contributed by atoms with Gasteiger partial charge in [-0.05, 0) is 24.5 Å². The topological polar surface area (TPSA) is 40.5 Å². The van der Waals surface area contributed by atoms with Crippen LogP contribution in [0.4, 0.5) is 0 Å². The Balaban J connectivity index is 1.79. The van der Waals surface area contributed by atoms with Crippen molar-refractivity contribution in [2.75, 3.05) is 13.1 Å². The van der Waals surface area contributed by atoms with Gasteiger partial charge in [0.15, 0.2) is 0 Å². The number of aliphatic carboxylic acids is 1. The molecule has 0 spiro atoms. The fourth-order valence-corrected chi connectivity index (χ4v) is 3.17. The largest absolute Gasteiger partial charge is 0.481 e. The maximum atomic E-state index is 10.8. The van der Waals surface area contributed by atoms with Crippen LogP contribution in [0.5, 0.6) is 0 Å². The quantitative estimate of drug-likeness (QED) is 0.876. The van der Waals surface area contributed by atoms with Crippen LogP contribution in [0, 0.1) is 11.8 Å². The molecule has 0 bridgehead atoms. The number of carbonyl (C=O) groups is 1. The molecule has 94 valence electrons. The monoisotopic (exact) mass is 253 g/mol. The standard InChI is InChI=1S/C13H19NO2S/c1-3-11-4-5-12(17-11)8-14-6-10(7-14)9(2)13(15)16/h4-5,9-10H,3,6-8H2,1-2H3,(H,15,16). The van der Waals surface area contributed by atoms with E-state index < -0.39 is 5.97 Å². The molecule has 4 heteroatoms. The Morgan fingerprint density at radius 2 is 2.18 bits per heavy atom.